The summed E-state index contributed by atoms with van der Waals surface area (Å²) in [5.41, 5.74) is 8.92. The Kier molecular flexibility index (Phi) is 9.63. The molecule has 4 heterocycles. The fourth-order valence-corrected chi connectivity index (χ4v) is 8.46. The van der Waals surface area contributed by atoms with Crippen molar-refractivity contribution in [2.24, 2.45) is 0 Å². The number of fused-ring (bicyclic) bond motifs is 2. The van der Waals surface area contributed by atoms with Crippen molar-refractivity contribution in [3.05, 3.63) is 144 Å². The maximum atomic E-state index is 14.2. The summed E-state index contributed by atoms with van der Waals surface area (Å²) in [5.74, 6) is 1.06. The van der Waals surface area contributed by atoms with Gasteiger partial charge in [0.15, 0.2) is 0 Å². The summed E-state index contributed by atoms with van der Waals surface area (Å²) in [4.78, 5) is 47.1. The molecule has 56 heavy (non-hydrogen) atoms. The molecule has 0 aliphatic carbocycles. The van der Waals surface area contributed by atoms with Crippen LogP contribution in [0.15, 0.2) is 109 Å². The van der Waals surface area contributed by atoms with E-state index in [2.05, 4.69) is 58.5 Å². The Morgan fingerprint density at radius 1 is 0.571 bits per heavy atom. The minimum absolute atomic E-state index is 0.0193. The monoisotopic (exact) mass is 748 g/mol. The zero-order valence-corrected chi connectivity index (χ0v) is 31.0. The Balaban J connectivity index is 0.871. The van der Waals surface area contributed by atoms with Crippen molar-refractivity contribution in [3.8, 4) is 22.3 Å². The highest BCUT2D eigenvalue weighted by Crippen LogP contribution is 2.35. The lowest BCUT2D eigenvalue weighted by molar-refractivity contribution is -0.133. The van der Waals surface area contributed by atoms with E-state index >= 15 is 0 Å². The number of hydrogen-bond donors (Lipinski definition) is 2. The highest BCUT2D eigenvalue weighted by molar-refractivity contribution is 5.85. The van der Waals surface area contributed by atoms with Gasteiger partial charge in [0.25, 0.3) is 0 Å². The minimum atomic E-state index is -0.273. The highest BCUT2D eigenvalue weighted by atomic mass is 19.1. The number of nitrogens with zero attached hydrogens (tertiary/aromatic N) is 4. The molecule has 10 heteroatoms. The molecule has 0 unspecified atom stereocenters. The average Bonchev–Trinajstić information content (AvgIpc) is 4.05. The van der Waals surface area contributed by atoms with Crippen LogP contribution in [0, 0.1) is 11.6 Å². The first-order valence-corrected chi connectivity index (χ1v) is 19.5. The molecule has 2 amide bonds. The fourth-order valence-electron chi connectivity index (χ4n) is 8.46. The molecule has 7 aromatic rings. The summed E-state index contributed by atoms with van der Waals surface area (Å²) in [7, 11) is 0. The maximum absolute atomic E-state index is 14.2. The Labute approximate surface area is 323 Å². The predicted octanol–water partition coefficient (Wildman–Crippen LogP) is 9.64. The van der Waals surface area contributed by atoms with E-state index in [-0.39, 0.29) is 48.4 Å². The number of carbonyl (C=O) groups is 2. The third-order valence-electron chi connectivity index (χ3n) is 11.5. The van der Waals surface area contributed by atoms with Gasteiger partial charge >= 0.3 is 0 Å². The standard InChI is InChI=1S/C46H42F2N6O2/c47-35-9-3-1-7-31(35)19-23-43(55)53-25-5-11-41(53)45-49-37-21-17-33(27-39(37)51-45)29-13-15-30(16-14-29)34-18-22-38-40(28-34)52-46(50-38)42-12-6-26-54(42)44(56)24-20-32-8-2-4-10-36(32)48/h1-4,7-10,13-18,21-22,27-28,41-42H,5-6,11-12,19-20,23-26H2,(H,49,51)(H,50,52)/t41-,42+. The van der Waals surface area contributed by atoms with Crippen molar-refractivity contribution in [1.82, 2.24) is 29.7 Å². The second-order valence-corrected chi connectivity index (χ2v) is 15.0. The molecule has 2 fully saturated rings. The number of aromatic amines is 2. The molecule has 2 aliphatic heterocycles. The number of H-pyrrole nitrogens is 2. The van der Waals surface area contributed by atoms with Crippen LogP contribution in [0.5, 0.6) is 0 Å². The highest BCUT2D eigenvalue weighted by Gasteiger charge is 2.33. The van der Waals surface area contributed by atoms with Crippen LogP contribution in [0.4, 0.5) is 8.78 Å². The molecule has 9 rings (SSSR count). The van der Waals surface area contributed by atoms with Crippen LogP contribution in [0.2, 0.25) is 0 Å². The molecule has 8 nitrogen and oxygen atoms in total. The summed E-state index contributed by atoms with van der Waals surface area (Å²) in [6.07, 6.45) is 4.75. The van der Waals surface area contributed by atoms with Gasteiger partial charge in [-0.15, -0.1) is 0 Å². The Bertz CT molecular complexity index is 2380. The molecule has 2 aromatic heterocycles. The number of aromatic nitrogens is 4. The molecule has 0 bridgehead atoms. The first-order chi connectivity index (χ1) is 27.4. The number of rotatable bonds is 10. The fraction of sp³-hybridized carbons (Fsp3) is 0.261. The van der Waals surface area contributed by atoms with Crippen molar-refractivity contribution < 1.29 is 18.4 Å². The van der Waals surface area contributed by atoms with Gasteiger partial charge in [0.1, 0.15) is 23.3 Å². The van der Waals surface area contributed by atoms with Crippen LogP contribution in [-0.4, -0.2) is 54.6 Å². The van der Waals surface area contributed by atoms with E-state index in [0.717, 1.165) is 81.7 Å². The quantitative estimate of drug-likeness (QED) is 0.146. The molecular formula is C46H42F2N6O2. The van der Waals surface area contributed by atoms with Crippen LogP contribution < -0.4 is 0 Å². The minimum Gasteiger partial charge on any atom is -0.340 e. The predicted molar refractivity (Wildman–Crippen MR) is 213 cm³/mol. The van der Waals surface area contributed by atoms with E-state index in [9.17, 15) is 18.4 Å². The van der Waals surface area contributed by atoms with Gasteiger partial charge in [0.2, 0.25) is 11.8 Å². The normalized spacial score (nSPS) is 17.0. The third-order valence-corrected chi connectivity index (χ3v) is 11.5. The lowest BCUT2D eigenvalue weighted by Crippen LogP contribution is -2.31. The molecule has 0 spiro atoms. The molecule has 282 valence electrons. The molecular weight excluding hydrogens is 707 g/mol. The maximum Gasteiger partial charge on any atom is 0.223 e. The van der Waals surface area contributed by atoms with Crippen LogP contribution >= 0.6 is 0 Å². The zero-order chi connectivity index (χ0) is 38.2. The smallest absolute Gasteiger partial charge is 0.223 e. The van der Waals surface area contributed by atoms with Gasteiger partial charge in [-0.05, 0) is 108 Å². The van der Waals surface area contributed by atoms with E-state index < -0.39 is 0 Å². The topological polar surface area (TPSA) is 98.0 Å². The largest absolute Gasteiger partial charge is 0.340 e. The van der Waals surface area contributed by atoms with Gasteiger partial charge in [-0.3, -0.25) is 9.59 Å². The number of benzene rings is 5. The van der Waals surface area contributed by atoms with E-state index in [4.69, 9.17) is 9.97 Å². The molecule has 2 atom stereocenters. The molecule has 5 aromatic carbocycles. The van der Waals surface area contributed by atoms with Crippen LogP contribution in [0.1, 0.15) is 73.4 Å². The molecule has 2 aliphatic rings. The van der Waals surface area contributed by atoms with Crippen molar-refractivity contribution in [2.75, 3.05) is 13.1 Å². The zero-order valence-electron chi connectivity index (χ0n) is 31.0. The second kappa shape index (κ2) is 15.2. The van der Waals surface area contributed by atoms with Gasteiger partial charge in [-0.2, -0.15) is 0 Å². The number of halogens is 2. The number of aryl methyl sites for hydroxylation is 2. The summed E-state index contributed by atoms with van der Waals surface area (Å²) < 4.78 is 28.3. The molecule has 0 radical (unpaired) electrons. The van der Waals surface area contributed by atoms with E-state index in [1.54, 1.807) is 36.4 Å². The number of amides is 2. The lowest BCUT2D eigenvalue weighted by atomic mass is 10.00. The second-order valence-electron chi connectivity index (χ2n) is 15.0. The van der Waals surface area contributed by atoms with Crippen LogP contribution in [-0.2, 0) is 22.4 Å². The SMILES string of the molecule is O=C(CCc1ccccc1F)N1CCC[C@@H]1c1nc2ccc(-c3ccc(-c4ccc5nc([C@@H]6CCCN6C(=O)CCc6ccccc6F)[nH]c5c4)cc3)cc2[nH]1. The van der Waals surface area contributed by atoms with E-state index in [0.29, 0.717) is 37.1 Å². The number of nitrogens with one attached hydrogen (secondary N) is 2. The average molecular weight is 749 g/mol. The van der Waals surface area contributed by atoms with Crippen molar-refractivity contribution >= 4 is 33.9 Å². The summed E-state index contributed by atoms with van der Waals surface area (Å²) in [6.45, 7) is 1.34. The van der Waals surface area contributed by atoms with Crippen LogP contribution in [0.25, 0.3) is 44.3 Å². The van der Waals surface area contributed by atoms with Crippen LogP contribution in [0.3, 0.4) is 0 Å². The summed E-state index contributed by atoms with van der Waals surface area (Å²) >= 11 is 0. The molecule has 2 saturated heterocycles. The van der Waals surface area contributed by atoms with Gasteiger partial charge in [0, 0.05) is 25.9 Å². The number of hydrogen-bond acceptors (Lipinski definition) is 4. The number of imidazole rings is 2. The Morgan fingerprint density at radius 3 is 1.41 bits per heavy atom. The Hall–Kier alpha value is -6.16. The van der Waals surface area contributed by atoms with E-state index in [1.165, 1.54) is 12.1 Å². The number of likely N-dealkylation sites (tertiary alicyclic amines) is 2. The summed E-state index contributed by atoms with van der Waals surface area (Å²) in [5, 5.41) is 0. The van der Waals surface area contributed by atoms with Gasteiger partial charge in [0.05, 0.1) is 34.2 Å². The molecule has 0 saturated carbocycles. The van der Waals surface area contributed by atoms with Gasteiger partial charge in [-0.25, -0.2) is 18.7 Å². The summed E-state index contributed by atoms with van der Waals surface area (Å²) in [6, 6.07) is 33.9. The molecule has 2 N–H and O–H groups in total. The lowest BCUT2D eigenvalue weighted by Gasteiger charge is -2.23. The van der Waals surface area contributed by atoms with Crippen molar-refractivity contribution in [3.63, 3.8) is 0 Å². The van der Waals surface area contributed by atoms with Crippen molar-refractivity contribution in [1.29, 1.82) is 0 Å². The Morgan fingerprint density at radius 2 is 0.982 bits per heavy atom. The first-order valence-electron chi connectivity index (χ1n) is 19.5. The third kappa shape index (κ3) is 7.07. The van der Waals surface area contributed by atoms with Gasteiger partial charge in [-0.1, -0.05) is 72.8 Å². The van der Waals surface area contributed by atoms with Crippen molar-refractivity contribution in [2.45, 2.75) is 63.5 Å². The first kappa shape index (κ1) is 35.5. The van der Waals surface area contributed by atoms with Gasteiger partial charge < -0.3 is 19.8 Å². The van der Waals surface area contributed by atoms with E-state index in [1.807, 2.05) is 21.9 Å². The number of carbonyl (C=O) groups excluding carboxylic acids is 2.